The van der Waals surface area contributed by atoms with Crippen LogP contribution in [-0.4, -0.2) is 61.4 Å². The zero-order valence-electron chi connectivity index (χ0n) is 19.4. The van der Waals surface area contributed by atoms with Crippen molar-refractivity contribution in [2.75, 3.05) is 13.2 Å². The van der Waals surface area contributed by atoms with Crippen molar-refractivity contribution >= 4 is 16.9 Å². The van der Waals surface area contributed by atoms with Crippen molar-refractivity contribution in [1.29, 1.82) is 0 Å². The lowest BCUT2D eigenvalue weighted by molar-refractivity contribution is -0.0845. The highest BCUT2D eigenvalue weighted by Gasteiger charge is 2.29. The topological polar surface area (TPSA) is 129 Å². The number of aliphatic hydroxyl groups excluding tert-OH is 1. The van der Waals surface area contributed by atoms with Crippen LogP contribution in [0.25, 0.3) is 10.9 Å². The molecule has 10 heteroatoms. The first kappa shape index (κ1) is 23.9. The Kier molecular flexibility index (Phi) is 7.59. The Morgan fingerprint density at radius 3 is 2.44 bits per heavy atom. The van der Waals surface area contributed by atoms with Gasteiger partial charge in [0.2, 0.25) is 11.8 Å². The van der Waals surface area contributed by atoms with Crippen LogP contribution >= 0.6 is 0 Å². The fourth-order valence-corrected chi connectivity index (χ4v) is 4.25. The summed E-state index contributed by atoms with van der Waals surface area (Å²) in [6, 6.07) is 3.38. The molecule has 182 valence electrons. The fourth-order valence-electron chi connectivity index (χ4n) is 4.25. The van der Waals surface area contributed by atoms with Crippen LogP contribution in [0.1, 0.15) is 61.6 Å². The zero-order valence-corrected chi connectivity index (χ0v) is 19.4. The van der Waals surface area contributed by atoms with E-state index >= 15 is 0 Å². The molecule has 2 unspecified atom stereocenters. The summed E-state index contributed by atoms with van der Waals surface area (Å²) in [5, 5.41) is 25.9. The third-order valence-corrected chi connectivity index (χ3v) is 5.81. The molecule has 3 heterocycles. The quantitative estimate of drug-likeness (QED) is 0.433. The monoisotopic (exact) mass is 470 g/mol. The Labute approximate surface area is 197 Å². The highest BCUT2D eigenvalue weighted by molar-refractivity contribution is 6.00. The molecule has 0 saturated heterocycles. The van der Waals surface area contributed by atoms with Gasteiger partial charge in [-0.1, -0.05) is 12.8 Å². The first-order chi connectivity index (χ1) is 16.5. The molecule has 3 aromatic heterocycles. The number of aliphatic hydroxyl groups is 1. The number of carboxylic acids is 1. The van der Waals surface area contributed by atoms with Gasteiger partial charge in [-0.05, 0) is 32.3 Å². The molecule has 0 spiro atoms. The molecule has 10 nitrogen and oxygen atoms in total. The van der Waals surface area contributed by atoms with Gasteiger partial charge in [0.1, 0.15) is 23.3 Å². The van der Waals surface area contributed by atoms with Gasteiger partial charge in [-0.2, -0.15) is 10.1 Å². The molecular weight excluding hydrogens is 440 g/mol. The Hall–Kier alpha value is -3.24. The molecule has 1 fully saturated rings. The van der Waals surface area contributed by atoms with E-state index in [1.54, 1.807) is 29.2 Å². The molecular formula is C24H30N4O6. The normalized spacial score (nSPS) is 16.0. The highest BCUT2D eigenvalue weighted by atomic mass is 16.5. The van der Waals surface area contributed by atoms with Crippen LogP contribution in [0.2, 0.25) is 0 Å². The maximum absolute atomic E-state index is 11.6. The number of carbonyl (C=O) groups is 1. The smallest absolute Gasteiger partial charge is 0.339 e. The first-order valence-electron chi connectivity index (χ1n) is 11.6. The third kappa shape index (κ3) is 5.45. The molecule has 2 N–H and O–H groups in total. The Morgan fingerprint density at radius 2 is 1.82 bits per heavy atom. The Bertz CT molecular complexity index is 1100. The predicted molar refractivity (Wildman–Crippen MR) is 123 cm³/mol. The summed E-state index contributed by atoms with van der Waals surface area (Å²) in [5.74, 6) is -0.362. The average Bonchev–Trinajstić information content (AvgIpc) is 3.47. The van der Waals surface area contributed by atoms with Crippen molar-refractivity contribution in [1.82, 2.24) is 19.7 Å². The minimum atomic E-state index is -1.09. The van der Waals surface area contributed by atoms with Crippen LogP contribution in [0.3, 0.4) is 0 Å². The van der Waals surface area contributed by atoms with E-state index in [1.165, 1.54) is 6.20 Å². The van der Waals surface area contributed by atoms with E-state index in [0.29, 0.717) is 41.4 Å². The van der Waals surface area contributed by atoms with Gasteiger partial charge in [0.05, 0.1) is 25.9 Å². The van der Waals surface area contributed by atoms with Gasteiger partial charge in [-0.15, -0.1) is 0 Å². The predicted octanol–water partition coefficient (Wildman–Crippen LogP) is 3.38. The second kappa shape index (κ2) is 10.8. The molecule has 2 atom stereocenters. The standard InChI is InChI=1S/C24H30N4O6/c1-3-32-20-9-15(10-21(26-20)33-4-2)23(29)19(34-17-7-5-6-8-17)14-28-13-16-11-25-12-18(24(30)31)22(16)27-28/h9-13,17,19,23,29H,3-8,14H2,1-2H3,(H,30,31). The van der Waals surface area contributed by atoms with Crippen molar-refractivity contribution in [2.45, 2.75) is 64.4 Å². The SMILES string of the molecule is CCOc1cc(C(O)C(Cn2cc3cncc(C(=O)O)c3n2)OC2CCCC2)cc(OCC)n1. The number of ether oxygens (including phenoxy) is 3. The molecule has 34 heavy (non-hydrogen) atoms. The van der Waals surface area contributed by atoms with E-state index in [2.05, 4.69) is 15.1 Å². The number of nitrogens with zero attached hydrogens (tertiary/aromatic N) is 4. The van der Waals surface area contributed by atoms with Crippen LogP contribution < -0.4 is 9.47 Å². The van der Waals surface area contributed by atoms with Gasteiger partial charge in [0.15, 0.2) is 0 Å². The van der Waals surface area contributed by atoms with Gasteiger partial charge >= 0.3 is 5.97 Å². The molecule has 0 aromatic carbocycles. The molecule has 0 bridgehead atoms. The molecule has 3 aromatic rings. The fraction of sp³-hybridized carbons (Fsp3) is 0.500. The van der Waals surface area contributed by atoms with Crippen LogP contribution in [0.5, 0.6) is 11.8 Å². The molecule has 0 aliphatic heterocycles. The summed E-state index contributed by atoms with van der Waals surface area (Å²) in [7, 11) is 0. The van der Waals surface area contributed by atoms with Crippen LogP contribution in [-0.2, 0) is 11.3 Å². The average molecular weight is 471 g/mol. The number of aromatic nitrogens is 4. The van der Waals surface area contributed by atoms with Gasteiger partial charge in [0.25, 0.3) is 0 Å². The van der Waals surface area contributed by atoms with E-state index in [4.69, 9.17) is 14.2 Å². The maximum atomic E-state index is 11.6. The number of fused-ring (bicyclic) bond motifs is 1. The minimum Gasteiger partial charge on any atom is -0.478 e. The Morgan fingerprint density at radius 1 is 1.15 bits per heavy atom. The van der Waals surface area contributed by atoms with Crippen molar-refractivity contribution in [2.24, 2.45) is 0 Å². The highest BCUT2D eigenvalue weighted by Crippen LogP contribution is 2.31. The zero-order chi connectivity index (χ0) is 24.1. The van der Waals surface area contributed by atoms with Crippen molar-refractivity contribution in [3.05, 3.63) is 41.9 Å². The van der Waals surface area contributed by atoms with E-state index < -0.39 is 18.2 Å². The first-order valence-corrected chi connectivity index (χ1v) is 11.6. The van der Waals surface area contributed by atoms with Crippen molar-refractivity contribution in [3.63, 3.8) is 0 Å². The molecule has 4 rings (SSSR count). The summed E-state index contributed by atoms with van der Waals surface area (Å²) in [6.07, 6.45) is 7.01. The summed E-state index contributed by atoms with van der Waals surface area (Å²) in [5.41, 5.74) is 0.939. The lowest BCUT2D eigenvalue weighted by Crippen LogP contribution is -2.31. The summed E-state index contributed by atoms with van der Waals surface area (Å²) in [6.45, 7) is 4.81. The number of aromatic carboxylic acids is 1. The van der Waals surface area contributed by atoms with Gasteiger partial charge < -0.3 is 24.4 Å². The Balaban J connectivity index is 1.65. The van der Waals surface area contributed by atoms with E-state index in [-0.39, 0.29) is 18.2 Å². The van der Waals surface area contributed by atoms with Gasteiger partial charge in [-0.25, -0.2) is 4.79 Å². The minimum absolute atomic E-state index is 0.0295. The molecule has 1 aliphatic carbocycles. The number of pyridine rings is 2. The van der Waals surface area contributed by atoms with Crippen LogP contribution in [0.15, 0.2) is 30.7 Å². The largest absolute Gasteiger partial charge is 0.478 e. The summed E-state index contributed by atoms with van der Waals surface area (Å²) >= 11 is 0. The molecule has 1 aliphatic rings. The second-order valence-corrected chi connectivity index (χ2v) is 8.25. The summed E-state index contributed by atoms with van der Waals surface area (Å²) in [4.78, 5) is 19.9. The second-order valence-electron chi connectivity index (χ2n) is 8.25. The van der Waals surface area contributed by atoms with Crippen LogP contribution in [0, 0.1) is 0 Å². The maximum Gasteiger partial charge on any atom is 0.339 e. The van der Waals surface area contributed by atoms with E-state index in [0.717, 1.165) is 25.7 Å². The van der Waals surface area contributed by atoms with E-state index in [9.17, 15) is 15.0 Å². The summed E-state index contributed by atoms with van der Waals surface area (Å²) < 4.78 is 19.1. The third-order valence-electron chi connectivity index (χ3n) is 5.81. The molecule has 0 radical (unpaired) electrons. The van der Waals surface area contributed by atoms with Gasteiger partial charge in [-0.3, -0.25) is 9.67 Å². The van der Waals surface area contributed by atoms with Crippen molar-refractivity contribution in [3.8, 4) is 11.8 Å². The number of rotatable bonds is 11. The number of hydrogen-bond acceptors (Lipinski definition) is 8. The van der Waals surface area contributed by atoms with Crippen molar-refractivity contribution < 1.29 is 29.2 Å². The lowest BCUT2D eigenvalue weighted by atomic mass is 10.0. The lowest BCUT2D eigenvalue weighted by Gasteiger charge is -2.27. The van der Waals surface area contributed by atoms with Gasteiger partial charge in [0, 0.05) is 36.1 Å². The molecule has 0 amide bonds. The molecule has 1 saturated carbocycles. The van der Waals surface area contributed by atoms with E-state index in [1.807, 2.05) is 13.8 Å². The number of carboxylic acid groups (broad SMARTS) is 1. The number of hydrogen-bond donors (Lipinski definition) is 2. The van der Waals surface area contributed by atoms with Crippen LogP contribution in [0.4, 0.5) is 0 Å².